The van der Waals surface area contributed by atoms with Gasteiger partial charge in [0.1, 0.15) is 5.82 Å². The lowest BCUT2D eigenvalue weighted by Crippen LogP contribution is -2.43. The first-order chi connectivity index (χ1) is 11.8. The first-order valence-electron chi connectivity index (χ1n) is 8.52. The third-order valence-electron chi connectivity index (χ3n) is 4.36. The molecular weight excluding hydrogens is 411 g/mol. The largest absolute Gasteiger partial charge is 0.352 e. The molecule has 1 N–H and O–H groups in total. The zero-order chi connectivity index (χ0) is 18.4. The lowest BCUT2D eigenvalue weighted by Gasteiger charge is -2.30. The van der Waals surface area contributed by atoms with Gasteiger partial charge in [-0.25, -0.2) is 17.1 Å². The van der Waals surface area contributed by atoms with Gasteiger partial charge in [0.05, 0.1) is 5.75 Å². The Hall–Kier alpha value is -0.990. The fraction of sp³-hybridized carbons (Fsp3) is 0.588. The molecule has 0 aliphatic carbocycles. The third-order valence-corrected chi connectivity index (χ3v) is 6.78. The fourth-order valence-corrected chi connectivity index (χ4v) is 5.09. The van der Waals surface area contributed by atoms with E-state index < -0.39 is 10.0 Å². The highest BCUT2D eigenvalue weighted by Gasteiger charge is 2.30. The van der Waals surface area contributed by atoms with Gasteiger partial charge in [0.2, 0.25) is 15.9 Å². The fourth-order valence-electron chi connectivity index (χ4n) is 2.90. The first-order valence-corrected chi connectivity index (χ1v) is 10.9. The van der Waals surface area contributed by atoms with E-state index in [-0.39, 0.29) is 29.9 Å². The van der Waals surface area contributed by atoms with Crippen LogP contribution in [0.5, 0.6) is 0 Å². The number of carbonyl (C=O) groups excluding carboxylic acids is 1. The number of benzene rings is 1. The second-order valence-corrected chi connectivity index (χ2v) is 9.34. The second-order valence-electron chi connectivity index (χ2n) is 6.34. The van der Waals surface area contributed by atoms with Gasteiger partial charge in [0.25, 0.3) is 0 Å². The van der Waals surface area contributed by atoms with Gasteiger partial charge in [0.15, 0.2) is 0 Å². The summed E-state index contributed by atoms with van der Waals surface area (Å²) in [5.41, 5.74) is 0.680. The van der Waals surface area contributed by atoms with Crippen molar-refractivity contribution < 1.29 is 17.6 Å². The van der Waals surface area contributed by atoms with Gasteiger partial charge in [0, 0.05) is 30.0 Å². The predicted octanol–water partition coefficient (Wildman–Crippen LogP) is 3.05. The average molecular weight is 435 g/mol. The highest BCUT2D eigenvalue weighted by atomic mass is 79.9. The standard InChI is InChI=1S/C17H24BrFN2O3S/c1-2-3-8-25(23,24)21-6-4-14(5-7-21)17(22)20-12-13-9-15(18)11-16(19)10-13/h9-11,14H,2-8,12H2,1H3,(H,20,22). The molecule has 0 saturated carbocycles. The van der Waals surface area contributed by atoms with Crippen LogP contribution in [-0.4, -0.2) is 37.5 Å². The summed E-state index contributed by atoms with van der Waals surface area (Å²) in [7, 11) is -3.20. The Kier molecular flexibility index (Phi) is 7.39. The van der Waals surface area contributed by atoms with Crippen molar-refractivity contribution in [3.05, 3.63) is 34.1 Å². The maximum absolute atomic E-state index is 13.3. The topological polar surface area (TPSA) is 66.5 Å². The van der Waals surface area contributed by atoms with Crippen LogP contribution in [0, 0.1) is 11.7 Å². The molecule has 1 fully saturated rings. The van der Waals surface area contributed by atoms with Crippen LogP contribution in [-0.2, 0) is 21.4 Å². The Morgan fingerprint density at radius 2 is 2.00 bits per heavy atom. The van der Waals surface area contributed by atoms with E-state index in [1.165, 1.54) is 16.4 Å². The van der Waals surface area contributed by atoms with Crippen LogP contribution < -0.4 is 5.32 Å². The molecule has 5 nitrogen and oxygen atoms in total. The molecule has 1 heterocycles. The number of unbranched alkanes of at least 4 members (excludes halogenated alkanes) is 1. The van der Waals surface area contributed by atoms with Gasteiger partial charge >= 0.3 is 0 Å². The minimum atomic E-state index is -3.20. The van der Waals surface area contributed by atoms with Gasteiger partial charge in [-0.3, -0.25) is 4.79 Å². The van der Waals surface area contributed by atoms with Crippen molar-refractivity contribution in [2.24, 2.45) is 5.92 Å². The summed E-state index contributed by atoms with van der Waals surface area (Å²) >= 11 is 3.22. The van der Waals surface area contributed by atoms with Crippen molar-refractivity contribution in [2.45, 2.75) is 39.2 Å². The second kappa shape index (κ2) is 9.09. The van der Waals surface area contributed by atoms with Crippen molar-refractivity contribution in [3.8, 4) is 0 Å². The number of piperidine rings is 1. The maximum Gasteiger partial charge on any atom is 0.223 e. The smallest absolute Gasteiger partial charge is 0.223 e. The summed E-state index contributed by atoms with van der Waals surface area (Å²) in [5.74, 6) is -0.487. The lowest BCUT2D eigenvalue weighted by molar-refractivity contribution is -0.126. The molecular formula is C17H24BrFN2O3S. The van der Waals surface area contributed by atoms with E-state index in [4.69, 9.17) is 0 Å². The van der Waals surface area contributed by atoms with Crippen molar-refractivity contribution in [1.82, 2.24) is 9.62 Å². The number of hydrogen-bond acceptors (Lipinski definition) is 3. The Labute approximate surface area is 157 Å². The molecule has 0 radical (unpaired) electrons. The number of sulfonamides is 1. The SMILES string of the molecule is CCCCS(=O)(=O)N1CCC(C(=O)NCc2cc(F)cc(Br)c2)CC1. The Balaban J connectivity index is 1.83. The first kappa shape index (κ1) is 20.3. The highest BCUT2D eigenvalue weighted by Crippen LogP contribution is 2.21. The molecule has 0 spiro atoms. The monoisotopic (exact) mass is 434 g/mol. The van der Waals surface area contributed by atoms with Crippen molar-refractivity contribution in [3.63, 3.8) is 0 Å². The number of halogens is 2. The van der Waals surface area contributed by atoms with Crippen molar-refractivity contribution >= 4 is 31.9 Å². The average Bonchev–Trinajstić information content (AvgIpc) is 2.57. The van der Waals surface area contributed by atoms with E-state index >= 15 is 0 Å². The maximum atomic E-state index is 13.3. The van der Waals surface area contributed by atoms with Crippen LogP contribution in [0.3, 0.4) is 0 Å². The Morgan fingerprint density at radius 3 is 2.60 bits per heavy atom. The molecule has 0 atom stereocenters. The van der Waals surface area contributed by atoms with E-state index in [1.807, 2.05) is 6.92 Å². The number of rotatable bonds is 7. The summed E-state index contributed by atoms with van der Waals surface area (Å²) in [6.45, 7) is 2.98. The van der Waals surface area contributed by atoms with Crippen LogP contribution in [0.4, 0.5) is 4.39 Å². The molecule has 2 rings (SSSR count). The van der Waals surface area contributed by atoms with Gasteiger partial charge in [-0.05, 0) is 43.0 Å². The van der Waals surface area contributed by atoms with E-state index in [1.54, 1.807) is 6.07 Å². The normalized spacial score (nSPS) is 16.8. The summed E-state index contributed by atoms with van der Waals surface area (Å²) < 4.78 is 39.8. The molecule has 1 aliphatic rings. The van der Waals surface area contributed by atoms with Crippen molar-refractivity contribution in [1.29, 1.82) is 0 Å². The molecule has 0 unspecified atom stereocenters. The van der Waals surface area contributed by atoms with Crippen LogP contribution in [0.2, 0.25) is 0 Å². The van der Waals surface area contributed by atoms with E-state index in [0.29, 0.717) is 42.4 Å². The summed E-state index contributed by atoms with van der Waals surface area (Å²) in [5, 5.41) is 2.82. The number of carbonyl (C=O) groups is 1. The molecule has 0 aromatic heterocycles. The molecule has 1 aromatic rings. The summed E-state index contributed by atoms with van der Waals surface area (Å²) in [6, 6.07) is 4.50. The molecule has 1 aromatic carbocycles. The van der Waals surface area contributed by atoms with E-state index in [0.717, 1.165) is 6.42 Å². The van der Waals surface area contributed by atoms with Crippen LogP contribution in [0.15, 0.2) is 22.7 Å². The van der Waals surface area contributed by atoms with Gasteiger partial charge < -0.3 is 5.32 Å². The highest BCUT2D eigenvalue weighted by molar-refractivity contribution is 9.10. The van der Waals surface area contributed by atoms with Gasteiger partial charge in [-0.1, -0.05) is 29.3 Å². The van der Waals surface area contributed by atoms with Gasteiger partial charge in [-0.15, -0.1) is 0 Å². The number of nitrogens with one attached hydrogen (secondary N) is 1. The van der Waals surface area contributed by atoms with E-state index in [2.05, 4.69) is 21.2 Å². The van der Waals surface area contributed by atoms with Crippen molar-refractivity contribution in [2.75, 3.05) is 18.8 Å². The van der Waals surface area contributed by atoms with Crippen LogP contribution in [0.1, 0.15) is 38.2 Å². The molecule has 25 heavy (non-hydrogen) atoms. The number of hydrogen-bond donors (Lipinski definition) is 1. The van der Waals surface area contributed by atoms with Gasteiger partial charge in [-0.2, -0.15) is 0 Å². The number of nitrogens with zero attached hydrogens (tertiary/aromatic N) is 1. The minimum absolute atomic E-state index is 0.106. The lowest BCUT2D eigenvalue weighted by atomic mass is 9.97. The minimum Gasteiger partial charge on any atom is -0.352 e. The zero-order valence-electron chi connectivity index (χ0n) is 14.3. The summed E-state index contributed by atoms with van der Waals surface area (Å²) in [6.07, 6.45) is 2.54. The molecule has 0 bridgehead atoms. The quantitative estimate of drug-likeness (QED) is 0.716. The number of amides is 1. The van der Waals surface area contributed by atoms with Crippen LogP contribution >= 0.6 is 15.9 Å². The third kappa shape index (κ3) is 6.04. The Morgan fingerprint density at radius 1 is 1.32 bits per heavy atom. The summed E-state index contributed by atoms with van der Waals surface area (Å²) in [4.78, 5) is 12.3. The molecule has 1 amide bonds. The predicted molar refractivity (Wildman–Crippen MR) is 98.9 cm³/mol. The Bertz CT molecular complexity index is 684. The van der Waals surface area contributed by atoms with Crippen LogP contribution in [0.25, 0.3) is 0 Å². The zero-order valence-corrected chi connectivity index (χ0v) is 16.7. The van der Waals surface area contributed by atoms with E-state index in [9.17, 15) is 17.6 Å². The molecule has 1 aliphatic heterocycles. The molecule has 8 heteroatoms. The molecule has 140 valence electrons. The molecule has 1 saturated heterocycles.